The number of aromatic nitrogens is 1. The van der Waals surface area contributed by atoms with E-state index in [4.69, 9.17) is 20.3 Å². The Balaban J connectivity index is 1.45. The van der Waals surface area contributed by atoms with Crippen LogP contribution in [0.1, 0.15) is 55.3 Å². The minimum Gasteiger partial charge on any atom is -0.497 e. The van der Waals surface area contributed by atoms with Gasteiger partial charge in [0.25, 0.3) is 0 Å². The molecule has 1 aromatic heterocycles. The fourth-order valence-corrected chi connectivity index (χ4v) is 4.77. The summed E-state index contributed by atoms with van der Waals surface area (Å²) >= 11 is 0.708. The largest absolute Gasteiger partial charge is 0.497 e. The Bertz CT molecular complexity index is 1230. The average Bonchev–Trinajstić information content (AvgIpc) is 2.92. The first-order valence-corrected chi connectivity index (χ1v) is 13.8. The van der Waals surface area contributed by atoms with Gasteiger partial charge in [0, 0.05) is 17.3 Å². The van der Waals surface area contributed by atoms with Gasteiger partial charge in [-0.2, -0.15) is 0 Å². The number of nitrogens with two attached hydrogens (primary N) is 1. The quantitative estimate of drug-likeness (QED) is 0.0587. The summed E-state index contributed by atoms with van der Waals surface area (Å²) in [6.45, 7) is 0.473. The Kier molecular flexibility index (Phi) is 11.7. The zero-order chi connectivity index (χ0) is 28.1. The molecule has 8 nitrogen and oxygen atoms in total. The lowest BCUT2D eigenvalue weighted by atomic mass is 10.0. The Hall–Kier alpha value is -3.53. The highest BCUT2D eigenvalue weighted by molar-refractivity contribution is 7.99. The maximum Gasteiger partial charge on any atom is 0.328 e. The topological polar surface area (TPSA) is 135 Å². The number of carboxylic acid groups (broad SMARTS) is 1. The molecule has 0 aliphatic heterocycles. The summed E-state index contributed by atoms with van der Waals surface area (Å²) in [6.07, 6.45) is 9.86. The van der Waals surface area contributed by atoms with Crippen molar-refractivity contribution in [2.45, 2.75) is 55.1 Å². The smallest absolute Gasteiger partial charge is 0.328 e. The van der Waals surface area contributed by atoms with Gasteiger partial charge < -0.3 is 30.5 Å². The molecule has 0 bridgehead atoms. The van der Waals surface area contributed by atoms with Gasteiger partial charge in [-0.15, -0.1) is 0 Å². The Morgan fingerprint density at radius 2 is 1.72 bits per heavy atom. The predicted molar refractivity (Wildman–Crippen MR) is 154 cm³/mol. The van der Waals surface area contributed by atoms with Crippen LogP contribution < -0.4 is 15.2 Å². The molecule has 0 saturated carbocycles. The van der Waals surface area contributed by atoms with E-state index < -0.39 is 11.1 Å². The Morgan fingerprint density at radius 3 is 2.41 bits per heavy atom. The van der Waals surface area contributed by atoms with E-state index >= 15 is 0 Å². The molecule has 0 atom stereocenters. The number of hydrogen-bond donors (Lipinski definition) is 4. The molecule has 0 spiro atoms. The number of anilines is 1. The zero-order valence-electron chi connectivity index (χ0n) is 22.1. The van der Waals surface area contributed by atoms with Crippen LogP contribution in [0.5, 0.6) is 11.5 Å². The molecule has 1 heterocycles. The minimum atomic E-state index is -2.27. The second-order valence-corrected chi connectivity index (χ2v) is 10.3. The number of thioether (sulfide) groups is 1. The molecule has 9 heteroatoms. The second kappa shape index (κ2) is 15.2. The van der Waals surface area contributed by atoms with Crippen molar-refractivity contribution in [3.05, 3.63) is 83.6 Å². The molecule has 5 N–H and O–H groups in total. The molecule has 0 aliphatic carbocycles. The van der Waals surface area contributed by atoms with Gasteiger partial charge in [-0.3, -0.25) is 0 Å². The highest BCUT2D eigenvalue weighted by Gasteiger charge is 2.29. The van der Waals surface area contributed by atoms with Gasteiger partial charge in [0.05, 0.1) is 13.7 Å². The number of aryl methyl sites for hydroxylation is 1. The second-order valence-electron chi connectivity index (χ2n) is 9.11. The van der Waals surface area contributed by atoms with E-state index in [1.165, 1.54) is 24.1 Å². The number of rotatable bonds is 16. The van der Waals surface area contributed by atoms with Crippen LogP contribution in [-0.4, -0.2) is 40.0 Å². The van der Waals surface area contributed by atoms with Crippen LogP contribution in [0.3, 0.4) is 0 Å². The molecule has 0 fully saturated rings. The summed E-state index contributed by atoms with van der Waals surface area (Å²) in [5.41, 5.74) is 7.98. The minimum absolute atomic E-state index is 0.206. The number of nitrogen functional groups attached to an aromatic ring is 1. The number of ether oxygens (including phenoxy) is 2. The zero-order valence-corrected chi connectivity index (χ0v) is 22.9. The molecule has 0 unspecified atom stereocenters. The third-order valence-electron chi connectivity index (χ3n) is 6.03. The van der Waals surface area contributed by atoms with E-state index in [-0.39, 0.29) is 10.6 Å². The lowest BCUT2D eigenvalue weighted by Gasteiger charge is -2.21. The molecule has 2 aromatic carbocycles. The third-order valence-corrected chi connectivity index (χ3v) is 6.99. The monoisotopic (exact) mass is 552 g/mol. The number of carbonyl (C=O) groups is 1. The number of carboxylic acids is 1. The molecule has 3 aromatic rings. The lowest BCUT2D eigenvalue weighted by Crippen LogP contribution is -2.20. The lowest BCUT2D eigenvalue weighted by molar-refractivity contribution is -0.131. The highest BCUT2D eigenvalue weighted by Crippen LogP contribution is 2.37. The van der Waals surface area contributed by atoms with Crippen molar-refractivity contribution in [3.8, 4) is 11.5 Å². The average molecular weight is 553 g/mol. The van der Waals surface area contributed by atoms with Crippen LogP contribution in [0.15, 0.2) is 71.8 Å². The van der Waals surface area contributed by atoms with Crippen LogP contribution in [0, 0.1) is 0 Å². The van der Waals surface area contributed by atoms with E-state index in [0.717, 1.165) is 50.4 Å². The number of nitrogens with zero attached hydrogens (tertiary/aromatic N) is 1. The summed E-state index contributed by atoms with van der Waals surface area (Å²) in [7, 11) is 1.67. The third kappa shape index (κ3) is 10.3. The van der Waals surface area contributed by atoms with Gasteiger partial charge in [0.1, 0.15) is 22.2 Å². The van der Waals surface area contributed by atoms with Gasteiger partial charge in [-0.05, 0) is 79.1 Å². The van der Waals surface area contributed by atoms with Crippen molar-refractivity contribution >= 4 is 29.5 Å². The fraction of sp³-hybridized carbons (Fsp3) is 0.333. The summed E-state index contributed by atoms with van der Waals surface area (Å²) in [4.78, 5) is 15.5. The number of benzene rings is 2. The molecule has 39 heavy (non-hydrogen) atoms. The number of aliphatic hydroxyl groups is 2. The molecule has 208 valence electrons. The van der Waals surface area contributed by atoms with Crippen LogP contribution in [0.25, 0.3) is 6.08 Å². The highest BCUT2D eigenvalue weighted by atomic mass is 32.2. The summed E-state index contributed by atoms with van der Waals surface area (Å²) in [5.74, 6) is 0.191. The van der Waals surface area contributed by atoms with Gasteiger partial charge in [-0.1, -0.05) is 49.9 Å². The van der Waals surface area contributed by atoms with E-state index in [9.17, 15) is 15.0 Å². The van der Waals surface area contributed by atoms with Crippen molar-refractivity contribution < 1.29 is 29.6 Å². The van der Waals surface area contributed by atoms with Gasteiger partial charge in [-0.25, -0.2) is 9.78 Å². The van der Waals surface area contributed by atoms with E-state index in [2.05, 4.69) is 17.1 Å². The van der Waals surface area contributed by atoms with E-state index in [1.54, 1.807) is 37.4 Å². The molecular weight excluding hydrogens is 516 g/mol. The first-order chi connectivity index (χ1) is 18.8. The number of unbranched alkanes of at least 4 members (excludes halogenated alkanes) is 5. The molecule has 0 radical (unpaired) electrons. The van der Waals surface area contributed by atoms with Crippen molar-refractivity contribution in [1.82, 2.24) is 4.98 Å². The molecule has 0 aliphatic rings. The van der Waals surface area contributed by atoms with Crippen LogP contribution in [-0.2, 0) is 16.3 Å². The molecule has 0 saturated heterocycles. The van der Waals surface area contributed by atoms with Gasteiger partial charge in [0.15, 0.2) is 0 Å². The Labute approximate surface area is 233 Å². The van der Waals surface area contributed by atoms with Gasteiger partial charge >= 0.3 is 5.97 Å². The first-order valence-electron chi connectivity index (χ1n) is 12.9. The fourth-order valence-electron chi connectivity index (χ4n) is 3.95. The first kappa shape index (κ1) is 30.0. The normalized spacial score (nSPS) is 11.6. The van der Waals surface area contributed by atoms with Crippen molar-refractivity contribution in [1.29, 1.82) is 0 Å². The van der Waals surface area contributed by atoms with Crippen molar-refractivity contribution in [3.63, 3.8) is 0 Å². The number of aliphatic carboxylic acids is 1. The van der Waals surface area contributed by atoms with E-state index in [1.807, 2.05) is 12.1 Å². The van der Waals surface area contributed by atoms with E-state index in [0.29, 0.717) is 35.5 Å². The number of hydrogen-bond acceptors (Lipinski definition) is 8. The maximum absolute atomic E-state index is 11.1. The maximum atomic E-state index is 11.1. The molecule has 0 amide bonds. The van der Waals surface area contributed by atoms with Crippen LogP contribution in [0.4, 0.5) is 5.69 Å². The van der Waals surface area contributed by atoms with Crippen molar-refractivity contribution in [2.24, 2.45) is 0 Å². The summed E-state index contributed by atoms with van der Waals surface area (Å²) < 4.78 is 11.1. The molecule has 3 rings (SSSR count). The Morgan fingerprint density at radius 1 is 1.00 bits per heavy atom. The molecular formula is C30H36N2O6S. The standard InChI is InChI=1S/C30H36N2O6S/c1-37-25-14-12-22(13-15-25)9-6-4-2-3-5-7-20-38-27-17-18-28(32-26(27)16-19-29(33)34)39-30(35,36)23-10-8-11-24(31)21-23/h8,10-19,21,35-36H,2-7,9,20,31H2,1H3,(H,33,34). The van der Waals surface area contributed by atoms with Gasteiger partial charge in [0.2, 0.25) is 5.12 Å². The summed E-state index contributed by atoms with van der Waals surface area (Å²) in [5, 5.41) is 28.2. The number of pyridine rings is 1. The van der Waals surface area contributed by atoms with Crippen molar-refractivity contribution in [2.75, 3.05) is 19.5 Å². The predicted octanol–water partition coefficient (Wildman–Crippen LogP) is 5.62. The van der Waals surface area contributed by atoms with Crippen LogP contribution in [0.2, 0.25) is 0 Å². The van der Waals surface area contributed by atoms with Crippen LogP contribution >= 0.6 is 11.8 Å². The number of methoxy groups -OCH3 is 1. The SMILES string of the molecule is COc1ccc(CCCCCCCCOc2ccc(SC(O)(O)c3cccc(N)c3)nc2C=CC(=O)O)cc1. The summed E-state index contributed by atoms with van der Waals surface area (Å²) in [6, 6.07) is 17.8.